The summed E-state index contributed by atoms with van der Waals surface area (Å²) in [6.07, 6.45) is -8.16. The minimum atomic E-state index is -4.99. The summed E-state index contributed by atoms with van der Waals surface area (Å²) < 4.78 is 106. The lowest BCUT2D eigenvalue weighted by Crippen LogP contribution is -2.41. The maximum atomic E-state index is 13.8. The van der Waals surface area contributed by atoms with Crippen LogP contribution in [0.1, 0.15) is 60.5 Å². The highest BCUT2D eigenvalue weighted by Crippen LogP contribution is 2.45. The first-order valence-corrected chi connectivity index (χ1v) is 13.1. The van der Waals surface area contributed by atoms with E-state index in [0.29, 0.717) is 37.3 Å². The van der Waals surface area contributed by atoms with Crippen LogP contribution in [-0.4, -0.2) is 42.7 Å². The molecule has 3 aliphatic heterocycles. The zero-order valence-corrected chi connectivity index (χ0v) is 21.6. The molecule has 216 valence electrons. The van der Waals surface area contributed by atoms with E-state index in [1.54, 1.807) is 23.1 Å². The first-order valence-electron chi connectivity index (χ1n) is 13.1. The van der Waals surface area contributed by atoms with E-state index in [1.807, 2.05) is 0 Å². The van der Waals surface area contributed by atoms with Gasteiger partial charge in [-0.15, -0.1) is 0 Å². The largest absolute Gasteiger partial charge is 0.416 e. The van der Waals surface area contributed by atoms with E-state index >= 15 is 0 Å². The van der Waals surface area contributed by atoms with Crippen molar-refractivity contribution in [3.05, 3.63) is 82.2 Å². The standard InChI is InChI=1S/C29H28F7NO3/c1-16(19-10-21(28(31,32)33)14-22(11-19)29(34,35)36)40-25-15-37-24(27(25)18-2-4-23(30)5-3-18)12-20(13-26(37)38)17-6-8-39-9-7-17/h2-5,10-11,13-14,16-17,24-25,27H,6-9,12,15H2,1H3/t16?,24?,25-,27?/m0/s1. The Bertz CT molecular complexity index is 1230. The van der Waals surface area contributed by atoms with Crippen molar-refractivity contribution in [3.8, 4) is 0 Å². The highest BCUT2D eigenvalue weighted by atomic mass is 19.4. The molecule has 1 amide bonds. The third-order valence-electron chi connectivity index (χ3n) is 8.09. The molecule has 0 spiro atoms. The van der Waals surface area contributed by atoms with Crippen LogP contribution in [0.5, 0.6) is 0 Å². The van der Waals surface area contributed by atoms with Gasteiger partial charge in [-0.1, -0.05) is 17.7 Å². The van der Waals surface area contributed by atoms with E-state index in [0.717, 1.165) is 18.4 Å². The van der Waals surface area contributed by atoms with Crippen LogP contribution in [-0.2, 0) is 26.6 Å². The van der Waals surface area contributed by atoms with Crippen LogP contribution < -0.4 is 0 Å². The number of alkyl halides is 6. The monoisotopic (exact) mass is 571 g/mol. The number of ether oxygens (including phenoxy) is 2. The summed E-state index contributed by atoms with van der Waals surface area (Å²) in [5, 5.41) is 0. The molecule has 0 radical (unpaired) electrons. The molecule has 2 fully saturated rings. The Balaban J connectivity index is 1.46. The molecule has 0 N–H and O–H groups in total. The van der Waals surface area contributed by atoms with Crippen molar-refractivity contribution < 1.29 is 45.0 Å². The smallest absolute Gasteiger partial charge is 0.381 e. The Kier molecular flexibility index (Phi) is 7.73. The first kappa shape index (κ1) is 28.6. The fourth-order valence-electron chi connectivity index (χ4n) is 6.07. The lowest BCUT2D eigenvalue weighted by molar-refractivity contribution is -0.143. The molecule has 5 rings (SSSR count). The van der Waals surface area contributed by atoms with Crippen molar-refractivity contribution in [2.45, 2.75) is 62.7 Å². The lowest BCUT2D eigenvalue weighted by atomic mass is 9.80. The SMILES string of the molecule is CC(O[C@H]1CN2C(=O)C=C(C3CCOCC3)CC2C1c1ccc(F)cc1)c1cc(C(F)(F)F)cc(C(F)(F)F)c1. The average molecular weight is 572 g/mol. The van der Waals surface area contributed by atoms with Gasteiger partial charge in [-0.25, -0.2) is 4.39 Å². The average Bonchev–Trinajstić information content (AvgIpc) is 3.26. The molecule has 3 heterocycles. The minimum absolute atomic E-state index is 0.0789. The zero-order chi connectivity index (χ0) is 28.8. The molecule has 0 saturated carbocycles. The lowest BCUT2D eigenvalue weighted by Gasteiger charge is -2.36. The molecule has 0 aliphatic carbocycles. The fourth-order valence-corrected chi connectivity index (χ4v) is 6.07. The molecule has 4 atom stereocenters. The van der Waals surface area contributed by atoms with Crippen molar-refractivity contribution >= 4 is 5.91 Å². The van der Waals surface area contributed by atoms with Gasteiger partial charge in [-0.3, -0.25) is 4.79 Å². The highest BCUT2D eigenvalue weighted by molar-refractivity contribution is 5.90. The number of amides is 1. The molecule has 3 unspecified atom stereocenters. The van der Waals surface area contributed by atoms with Gasteiger partial charge in [0.15, 0.2) is 0 Å². The number of carbonyl (C=O) groups excluding carboxylic acids is 1. The number of nitrogens with zero attached hydrogens (tertiary/aromatic N) is 1. The van der Waals surface area contributed by atoms with Gasteiger partial charge in [-0.05, 0) is 73.6 Å². The molecule has 11 heteroatoms. The number of hydrogen-bond acceptors (Lipinski definition) is 3. The third kappa shape index (κ3) is 5.90. The quantitative estimate of drug-likeness (QED) is 0.361. The van der Waals surface area contributed by atoms with Crippen LogP contribution >= 0.6 is 0 Å². The molecule has 40 heavy (non-hydrogen) atoms. The number of hydrogen-bond donors (Lipinski definition) is 0. The van der Waals surface area contributed by atoms with E-state index in [1.165, 1.54) is 19.1 Å². The van der Waals surface area contributed by atoms with Crippen LogP contribution in [0.15, 0.2) is 54.1 Å². The summed E-state index contributed by atoms with van der Waals surface area (Å²) in [5.41, 5.74) is -1.47. The minimum Gasteiger partial charge on any atom is -0.381 e. The van der Waals surface area contributed by atoms with Crippen LogP contribution in [0.4, 0.5) is 30.7 Å². The maximum Gasteiger partial charge on any atom is 0.416 e. The van der Waals surface area contributed by atoms with Crippen molar-refractivity contribution in [2.24, 2.45) is 5.92 Å². The van der Waals surface area contributed by atoms with Gasteiger partial charge in [-0.2, -0.15) is 26.3 Å². The second kappa shape index (κ2) is 10.8. The van der Waals surface area contributed by atoms with Crippen molar-refractivity contribution in [1.82, 2.24) is 4.90 Å². The molecule has 4 nitrogen and oxygen atoms in total. The second-order valence-corrected chi connectivity index (χ2v) is 10.6. The molecule has 0 aromatic heterocycles. The van der Waals surface area contributed by atoms with Crippen molar-refractivity contribution in [3.63, 3.8) is 0 Å². The van der Waals surface area contributed by atoms with E-state index in [2.05, 4.69) is 0 Å². The van der Waals surface area contributed by atoms with Gasteiger partial charge in [0.1, 0.15) is 5.82 Å². The van der Waals surface area contributed by atoms with Crippen LogP contribution in [0, 0.1) is 11.7 Å². The highest BCUT2D eigenvalue weighted by Gasteiger charge is 2.48. The molecule has 0 bridgehead atoms. The number of benzene rings is 2. The molecular weight excluding hydrogens is 543 g/mol. The summed E-state index contributed by atoms with van der Waals surface area (Å²) in [6.45, 7) is 2.67. The Morgan fingerprint density at radius 3 is 2.12 bits per heavy atom. The Hall–Kier alpha value is -2.92. The predicted octanol–water partition coefficient (Wildman–Crippen LogP) is 7.06. The third-order valence-corrected chi connectivity index (χ3v) is 8.09. The van der Waals surface area contributed by atoms with E-state index in [4.69, 9.17) is 9.47 Å². The van der Waals surface area contributed by atoms with Gasteiger partial charge >= 0.3 is 12.4 Å². The van der Waals surface area contributed by atoms with Crippen LogP contribution in [0.2, 0.25) is 0 Å². The first-order chi connectivity index (χ1) is 18.8. The number of carbonyl (C=O) groups is 1. The van der Waals surface area contributed by atoms with Crippen molar-refractivity contribution in [1.29, 1.82) is 0 Å². The fraction of sp³-hybridized carbons (Fsp3) is 0.483. The molecule has 2 saturated heterocycles. The van der Waals surface area contributed by atoms with Crippen LogP contribution in [0.25, 0.3) is 0 Å². The van der Waals surface area contributed by atoms with E-state index in [9.17, 15) is 35.5 Å². The summed E-state index contributed by atoms with van der Waals surface area (Å²) in [7, 11) is 0. The van der Waals surface area contributed by atoms with Gasteiger partial charge in [0.05, 0.1) is 23.3 Å². The number of rotatable bonds is 5. The molecule has 3 aliphatic rings. The second-order valence-electron chi connectivity index (χ2n) is 10.6. The predicted molar refractivity (Wildman–Crippen MR) is 131 cm³/mol. The molecule has 2 aromatic rings. The van der Waals surface area contributed by atoms with E-state index < -0.39 is 47.4 Å². The number of halogens is 7. The summed E-state index contributed by atoms with van der Waals surface area (Å²) >= 11 is 0. The Morgan fingerprint density at radius 1 is 0.950 bits per heavy atom. The topological polar surface area (TPSA) is 38.8 Å². The van der Waals surface area contributed by atoms with Gasteiger partial charge in [0.2, 0.25) is 5.91 Å². The summed E-state index contributed by atoms with van der Waals surface area (Å²) in [6, 6.07) is 6.75. The number of fused-ring (bicyclic) bond motifs is 1. The Morgan fingerprint density at radius 2 is 1.55 bits per heavy atom. The van der Waals surface area contributed by atoms with E-state index in [-0.39, 0.29) is 36.0 Å². The van der Waals surface area contributed by atoms with Gasteiger partial charge in [0.25, 0.3) is 0 Å². The Labute approximate surface area is 226 Å². The summed E-state index contributed by atoms with van der Waals surface area (Å²) in [5.74, 6) is -0.973. The zero-order valence-electron chi connectivity index (χ0n) is 21.6. The van der Waals surface area contributed by atoms with Crippen LogP contribution in [0.3, 0.4) is 0 Å². The summed E-state index contributed by atoms with van der Waals surface area (Å²) in [4.78, 5) is 14.9. The van der Waals surface area contributed by atoms with Crippen molar-refractivity contribution in [2.75, 3.05) is 19.8 Å². The molecule has 2 aromatic carbocycles. The van der Waals surface area contributed by atoms with Gasteiger partial charge < -0.3 is 14.4 Å². The molecular formula is C29H28F7NO3. The normalized spacial score (nSPS) is 25.1. The maximum absolute atomic E-state index is 13.8. The van der Waals surface area contributed by atoms with Gasteiger partial charge in [0, 0.05) is 37.8 Å².